The highest BCUT2D eigenvalue weighted by atomic mass is 32.2. The maximum atomic E-state index is 12.8. The molecule has 1 amide bonds. The Hall–Kier alpha value is -1.75. The third-order valence-corrected chi connectivity index (χ3v) is 5.71. The Morgan fingerprint density at radius 1 is 1.08 bits per heavy atom. The minimum atomic E-state index is -0.120. The fourth-order valence-electron chi connectivity index (χ4n) is 3.42. The molecular formula is C20H27N3OS. The first-order chi connectivity index (χ1) is 12.0. The Morgan fingerprint density at radius 2 is 1.72 bits per heavy atom. The monoisotopic (exact) mass is 357 g/mol. The molecule has 0 bridgehead atoms. The molecule has 1 saturated heterocycles. The molecule has 5 heteroatoms. The van der Waals surface area contributed by atoms with Crippen molar-refractivity contribution < 1.29 is 4.79 Å². The summed E-state index contributed by atoms with van der Waals surface area (Å²) in [5, 5.41) is 0.755. The van der Waals surface area contributed by atoms with Gasteiger partial charge in [0.1, 0.15) is 0 Å². The quantitative estimate of drug-likeness (QED) is 0.763. The lowest BCUT2D eigenvalue weighted by molar-refractivity contribution is -0.130. The van der Waals surface area contributed by atoms with Crippen LogP contribution < -0.4 is 0 Å². The van der Waals surface area contributed by atoms with Crippen molar-refractivity contribution in [1.29, 1.82) is 0 Å². The number of nitrogens with zero attached hydrogens (tertiary/aromatic N) is 3. The molecule has 0 spiro atoms. The number of amides is 1. The zero-order valence-corrected chi connectivity index (χ0v) is 16.2. The largest absolute Gasteiger partial charge is 0.342 e. The zero-order chi connectivity index (χ0) is 17.8. The smallest absolute Gasteiger partial charge is 0.235 e. The maximum absolute atomic E-state index is 12.8. The van der Waals surface area contributed by atoms with Gasteiger partial charge in [-0.25, -0.2) is 4.98 Å². The molecule has 2 heterocycles. The van der Waals surface area contributed by atoms with Gasteiger partial charge in [-0.1, -0.05) is 30.7 Å². The Morgan fingerprint density at radius 3 is 2.36 bits per heavy atom. The second-order valence-corrected chi connectivity index (χ2v) is 8.23. The van der Waals surface area contributed by atoms with Gasteiger partial charge in [-0.3, -0.25) is 9.36 Å². The van der Waals surface area contributed by atoms with Crippen molar-refractivity contribution in [2.45, 2.75) is 56.9 Å². The third-order valence-electron chi connectivity index (χ3n) is 4.64. The van der Waals surface area contributed by atoms with Crippen molar-refractivity contribution in [1.82, 2.24) is 14.5 Å². The van der Waals surface area contributed by atoms with Gasteiger partial charge in [0.2, 0.25) is 5.91 Å². The van der Waals surface area contributed by atoms with Crippen molar-refractivity contribution in [3.05, 3.63) is 41.7 Å². The van der Waals surface area contributed by atoms with Gasteiger partial charge in [-0.2, -0.15) is 0 Å². The molecule has 0 unspecified atom stereocenters. The van der Waals surface area contributed by atoms with Crippen molar-refractivity contribution in [3.63, 3.8) is 0 Å². The molecule has 1 atom stereocenters. The molecule has 1 aromatic carbocycles. The van der Waals surface area contributed by atoms with Gasteiger partial charge in [-0.05, 0) is 56.9 Å². The average Bonchev–Trinajstić information content (AvgIpc) is 2.86. The summed E-state index contributed by atoms with van der Waals surface area (Å²) in [5.74, 6) is 0.238. The molecule has 0 aliphatic carbocycles. The number of carbonyl (C=O) groups excluding carboxylic acids is 1. The first kappa shape index (κ1) is 18.1. The van der Waals surface area contributed by atoms with E-state index in [2.05, 4.69) is 41.6 Å². The third kappa shape index (κ3) is 4.46. The van der Waals surface area contributed by atoms with Crippen LogP contribution in [0.2, 0.25) is 0 Å². The van der Waals surface area contributed by atoms with Crippen LogP contribution in [0.15, 0.2) is 35.7 Å². The van der Waals surface area contributed by atoms with E-state index in [4.69, 9.17) is 0 Å². The maximum Gasteiger partial charge on any atom is 0.235 e. The number of benzene rings is 1. The Bertz CT molecular complexity index is 712. The summed E-state index contributed by atoms with van der Waals surface area (Å²) in [6, 6.07) is 6.47. The molecule has 1 aliphatic heterocycles. The van der Waals surface area contributed by atoms with Crippen molar-refractivity contribution >= 4 is 17.7 Å². The highest BCUT2D eigenvalue weighted by Gasteiger charge is 2.24. The lowest BCUT2D eigenvalue weighted by atomic mass is 10.1. The summed E-state index contributed by atoms with van der Waals surface area (Å²) in [4.78, 5) is 19.3. The van der Waals surface area contributed by atoms with Gasteiger partial charge in [0.15, 0.2) is 5.16 Å². The first-order valence-electron chi connectivity index (χ1n) is 9.12. The lowest BCUT2D eigenvalue weighted by Crippen LogP contribution is -2.37. The van der Waals surface area contributed by atoms with Crippen LogP contribution in [0, 0.1) is 13.8 Å². The van der Waals surface area contributed by atoms with Crippen LogP contribution in [-0.4, -0.2) is 38.7 Å². The van der Waals surface area contributed by atoms with Gasteiger partial charge in [0.05, 0.1) is 5.25 Å². The van der Waals surface area contributed by atoms with E-state index in [0.29, 0.717) is 0 Å². The number of aromatic nitrogens is 2. The van der Waals surface area contributed by atoms with Crippen LogP contribution >= 0.6 is 11.8 Å². The zero-order valence-electron chi connectivity index (χ0n) is 15.4. The fraction of sp³-hybridized carbons (Fsp3) is 0.500. The standard InChI is InChI=1S/C20H27N3OS/c1-15-12-16(2)14-18(13-15)23-11-8-21-20(23)25-17(3)19(24)22-9-6-4-5-7-10-22/h8,11-14,17H,4-7,9-10H2,1-3H3/t17-/m1/s1. The highest BCUT2D eigenvalue weighted by molar-refractivity contribution is 8.00. The fourth-order valence-corrected chi connectivity index (χ4v) is 4.39. The van der Waals surface area contributed by atoms with Crippen molar-refractivity contribution in [3.8, 4) is 5.69 Å². The summed E-state index contributed by atoms with van der Waals surface area (Å²) in [6.07, 6.45) is 8.51. The van der Waals surface area contributed by atoms with Gasteiger partial charge < -0.3 is 4.90 Å². The number of aryl methyl sites for hydroxylation is 2. The van der Waals surface area contributed by atoms with Crippen LogP contribution in [0.3, 0.4) is 0 Å². The summed E-state index contributed by atoms with van der Waals surface area (Å²) in [7, 11) is 0. The Labute approximate surface area is 154 Å². The summed E-state index contributed by atoms with van der Waals surface area (Å²) in [5.41, 5.74) is 3.56. The molecule has 3 rings (SSSR count). The average molecular weight is 358 g/mol. The van der Waals surface area contributed by atoms with E-state index in [-0.39, 0.29) is 11.2 Å². The van der Waals surface area contributed by atoms with Crippen molar-refractivity contribution in [2.24, 2.45) is 0 Å². The predicted octanol–water partition coefficient (Wildman–Crippen LogP) is 4.37. The number of rotatable bonds is 4. The van der Waals surface area contributed by atoms with Crippen LogP contribution in [0.5, 0.6) is 0 Å². The number of hydrogen-bond acceptors (Lipinski definition) is 3. The second kappa shape index (κ2) is 8.09. The Balaban J connectivity index is 1.75. The number of thioether (sulfide) groups is 1. The first-order valence-corrected chi connectivity index (χ1v) is 10.00. The molecule has 0 saturated carbocycles. The van der Waals surface area contributed by atoms with Crippen LogP contribution in [0.4, 0.5) is 0 Å². The Kier molecular flexibility index (Phi) is 5.84. The minimum Gasteiger partial charge on any atom is -0.342 e. The molecule has 1 fully saturated rings. The van der Waals surface area contributed by atoms with E-state index in [0.717, 1.165) is 36.8 Å². The van der Waals surface area contributed by atoms with Crippen molar-refractivity contribution in [2.75, 3.05) is 13.1 Å². The normalized spacial score (nSPS) is 16.5. The minimum absolute atomic E-state index is 0.120. The molecule has 0 N–H and O–H groups in total. The van der Waals surface area contributed by atoms with Crippen LogP contribution in [-0.2, 0) is 4.79 Å². The highest BCUT2D eigenvalue weighted by Crippen LogP contribution is 2.27. The number of imidazole rings is 1. The number of likely N-dealkylation sites (tertiary alicyclic amines) is 1. The predicted molar refractivity (Wildman–Crippen MR) is 103 cm³/mol. The van der Waals surface area contributed by atoms with E-state index < -0.39 is 0 Å². The van der Waals surface area contributed by atoms with Gasteiger partial charge in [-0.15, -0.1) is 0 Å². The SMILES string of the molecule is Cc1cc(C)cc(-n2ccnc2S[C@H](C)C(=O)N2CCCCCC2)c1. The molecular weight excluding hydrogens is 330 g/mol. The molecule has 25 heavy (non-hydrogen) atoms. The van der Waals surface area contributed by atoms with E-state index in [1.165, 1.54) is 24.0 Å². The topological polar surface area (TPSA) is 38.1 Å². The van der Waals surface area contributed by atoms with E-state index >= 15 is 0 Å². The molecule has 4 nitrogen and oxygen atoms in total. The van der Waals surface area contributed by atoms with Gasteiger partial charge in [0.25, 0.3) is 0 Å². The summed E-state index contributed by atoms with van der Waals surface area (Å²) < 4.78 is 2.08. The van der Waals surface area contributed by atoms with Crippen LogP contribution in [0.1, 0.15) is 43.7 Å². The van der Waals surface area contributed by atoms with E-state index in [1.807, 2.05) is 24.2 Å². The molecule has 134 valence electrons. The number of carbonyl (C=O) groups is 1. The molecule has 1 aliphatic rings. The van der Waals surface area contributed by atoms with Gasteiger partial charge in [0, 0.05) is 31.2 Å². The molecule has 2 aromatic rings. The van der Waals surface area contributed by atoms with E-state index in [1.54, 1.807) is 11.8 Å². The van der Waals surface area contributed by atoms with E-state index in [9.17, 15) is 4.79 Å². The molecule has 0 radical (unpaired) electrons. The lowest BCUT2D eigenvalue weighted by Gasteiger charge is -2.23. The molecule has 1 aromatic heterocycles. The summed E-state index contributed by atoms with van der Waals surface area (Å²) >= 11 is 1.55. The summed E-state index contributed by atoms with van der Waals surface area (Å²) in [6.45, 7) is 8.00. The number of hydrogen-bond donors (Lipinski definition) is 0. The van der Waals surface area contributed by atoms with Crippen LogP contribution in [0.25, 0.3) is 5.69 Å². The van der Waals surface area contributed by atoms with Gasteiger partial charge >= 0.3 is 0 Å². The second-order valence-electron chi connectivity index (χ2n) is 6.93.